The van der Waals surface area contributed by atoms with Crippen molar-refractivity contribution in [2.24, 2.45) is 0 Å². The Hall–Kier alpha value is -1.72. The second-order valence-electron chi connectivity index (χ2n) is 6.84. The molecule has 1 aromatic heterocycles. The van der Waals surface area contributed by atoms with Crippen LogP contribution in [0.5, 0.6) is 0 Å². The summed E-state index contributed by atoms with van der Waals surface area (Å²) in [4.78, 5) is 0. The molecule has 0 spiro atoms. The van der Waals surface area contributed by atoms with E-state index in [0.29, 0.717) is 6.54 Å². The minimum Gasteiger partial charge on any atom is -0.394 e. The molecule has 0 aliphatic heterocycles. The highest BCUT2D eigenvalue weighted by Crippen LogP contribution is 2.43. The van der Waals surface area contributed by atoms with Gasteiger partial charge in [-0.15, -0.1) is 0 Å². The zero-order chi connectivity index (χ0) is 17.2. The van der Waals surface area contributed by atoms with E-state index in [2.05, 4.69) is 10.4 Å². The number of aliphatic hydroxyl groups excluding tert-OH is 1. The predicted octanol–water partition coefficient (Wildman–Crippen LogP) is 2.84. The van der Waals surface area contributed by atoms with Gasteiger partial charge in [0.2, 0.25) is 0 Å². The molecule has 1 aliphatic carbocycles. The molecule has 2 N–H and O–H groups in total. The van der Waals surface area contributed by atoms with Gasteiger partial charge < -0.3 is 10.4 Å². The van der Waals surface area contributed by atoms with Crippen molar-refractivity contribution in [3.05, 3.63) is 52.6 Å². The Bertz CT molecular complexity index is 689. The lowest BCUT2D eigenvalue weighted by molar-refractivity contribution is 0.233. The number of aryl methyl sites for hydroxylation is 1. The van der Waals surface area contributed by atoms with Crippen molar-refractivity contribution in [2.45, 2.75) is 51.6 Å². The zero-order valence-electron chi connectivity index (χ0n) is 14.5. The van der Waals surface area contributed by atoms with Gasteiger partial charge in [-0.25, -0.2) is 4.39 Å². The van der Waals surface area contributed by atoms with E-state index >= 15 is 0 Å². The van der Waals surface area contributed by atoms with Gasteiger partial charge >= 0.3 is 0 Å². The lowest BCUT2D eigenvalue weighted by Crippen LogP contribution is -2.43. The molecule has 1 aliphatic rings. The Kier molecular flexibility index (Phi) is 5.01. The summed E-state index contributed by atoms with van der Waals surface area (Å²) in [5, 5.41) is 17.2. The number of halogens is 1. The van der Waals surface area contributed by atoms with Crippen LogP contribution in [0.1, 0.15) is 41.8 Å². The number of hydrogen-bond acceptors (Lipinski definition) is 3. The molecule has 0 saturated heterocycles. The second kappa shape index (κ2) is 7.03. The van der Waals surface area contributed by atoms with Gasteiger partial charge in [0.15, 0.2) is 0 Å². The Morgan fingerprint density at radius 3 is 2.54 bits per heavy atom. The van der Waals surface area contributed by atoms with Crippen LogP contribution in [0, 0.1) is 19.7 Å². The molecule has 1 saturated carbocycles. The second-order valence-corrected chi connectivity index (χ2v) is 6.84. The Morgan fingerprint density at radius 1 is 1.25 bits per heavy atom. The molecular weight excluding hydrogens is 305 g/mol. The van der Waals surface area contributed by atoms with Crippen LogP contribution in [-0.4, -0.2) is 28.0 Å². The van der Waals surface area contributed by atoms with Crippen molar-refractivity contribution in [3.63, 3.8) is 0 Å². The Labute approximate surface area is 142 Å². The molecule has 5 heteroatoms. The van der Waals surface area contributed by atoms with Gasteiger partial charge in [0.05, 0.1) is 18.8 Å². The number of hydrogen-bond donors (Lipinski definition) is 2. The summed E-state index contributed by atoms with van der Waals surface area (Å²) in [6.07, 6.45) is 3.52. The van der Waals surface area contributed by atoms with Gasteiger partial charge in [0, 0.05) is 29.8 Å². The topological polar surface area (TPSA) is 50.1 Å². The normalized spacial score (nSPS) is 16.2. The third-order valence-corrected chi connectivity index (χ3v) is 5.38. The molecule has 0 radical (unpaired) electrons. The maximum Gasteiger partial charge on any atom is 0.123 e. The fourth-order valence-electron chi connectivity index (χ4n) is 3.70. The van der Waals surface area contributed by atoms with Crippen LogP contribution in [0.3, 0.4) is 0 Å². The van der Waals surface area contributed by atoms with E-state index < -0.39 is 0 Å². The number of nitrogens with zero attached hydrogens (tertiary/aromatic N) is 2. The predicted molar refractivity (Wildman–Crippen MR) is 92.4 cm³/mol. The summed E-state index contributed by atoms with van der Waals surface area (Å²) < 4.78 is 15.0. The van der Waals surface area contributed by atoms with Crippen LogP contribution in [0.4, 0.5) is 4.39 Å². The van der Waals surface area contributed by atoms with E-state index in [-0.39, 0.29) is 17.8 Å². The first-order valence-electron chi connectivity index (χ1n) is 8.66. The highest BCUT2D eigenvalue weighted by Gasteiger charge is 2.38. The van der Waals surface area contributed by atoms with Crippen LogP contribution in [0.15, 0.2) is 24.3 Å². The molecule has 24 heavy (non-hydrogen) atoms. The van der Waals surface area contributed by atoms with Gasteiger partial charge in [0.25, 0.3) is 0 Å². The first kappa shape index (κ1) is 17.1. The molecule has 1 heterocycles. The van der Waals surface area contributed by atoms with E-state index in [0.717, 1.165) is 37.3 Å². The minimum absolute atomic E-state index is 0.0997. The highest BCUT2D eigenvalue weighted by molar-refractivity contribution is 5.29. The van der Waals surface area contributed by atoms with Gasteiger partial charge in [-0.05, 0) is 44.4 Å². The van der Waals surface area contributed by atoms with Crippen molar-refractivity contribution < 1.29 is 9.50 Å². The summed E-state index contributed by atoms with van der Waals surface area (Å²) >= 11 is 0. The standard InChI is InChI=1S/C19H26FN3O/c1-14-18(15(2)23(22-14)10-11-24)12-21-13-19(8-3-9-19)16-4-6-17(20)7-5-16/h4-7,21,24H,3,8-13H2,1-2H3. The van der Waals surface area contributed by atoms with Crippen molar-refractivity contribution in [1.82, 2.24) is 15.1 Å². The largest absolute Gasteiger partial charge is 0.394 e. The van der Waals surface area contributed by atoms with Gasteiger partial charge in [-0.2, -0.15) is 5.10 Å². The molecular formula is C19H26FN3O. The third kappa shape index (κ3) is 3.23. The van der Waals surface area contributed by atoms with Crippen LogP contribution < -0.4 is 5.32 Å². The number of aromatic nitrogens is 2. The van der Waals surface area contributed by atoms with Crippen LogP contribution in [0.2, 0.25) is 0 Å². The Morgan fingerprint density at radius 2 is 1.96 bits per heavy atom. The molecule has 1 fully saturated rings. The number of rotatable bonds is 7. The summed E-state index contributed by atoms with van der Waals surface area (Å²) in [7, 11) is 0. The van der Waals surface area contributed by atoms with Crippen LogP contribution >= 0.6 is 0 Å². The third-order valence-electron chi connectivity index (χ3n) is 5.38. The maximum absolute atomic E-state index is 13.2. The molecule has 0 bridgehead atoms. The first-order valence-corrected chi connectivity index (χ1v) is 8.66. The summed E-state index contributed by atoms with van der Waals surface area (Å²) in [5.74, 6) is -0.177. The smallest absolute Gasteiger partial charge is 0.123 e. The summed E-state index contributed by atoms with van der Waals surface area (Å²) in [6.45, 7) is 6.35. The molecule has 0 atom stereocenters. The Balaban J connectivity index is 1.66. The van der Waals surface area contributed by atoms with Crippen LogP contribution in [-0.2, 0) is 18.5 Å². The van der Waals surface area contributed by atoms with Gasteiger partial charge in [-0.1, -0.05) is 18.6 Å². The van der Waals surface area contributed by atoms with Gasteiger partial charge in [0.1, 0.15) is 5.82 Å². The van der Waals surface area contributed by atoms with E-state index in [1.165, 1.54) is 17.5 Å². The van der Waals surface area contributed by atoms with E-state index in [1.54, 1.807) is 12.1 Å². The first-order chi connectivity index (χ1) is 11.6. The number of nitrogens with one attached hydrogen (secondary N) is 1. The summed E-state index contributed by atoms with van der Waals surface area (Å²) in [5.41, 5.74) is 4.69. The number of benzene rings is 1. The van der Waals surface area contributed by atoms with E-state index in [4.69, 9.17) is 5.11 Å². The zero-order valence-corrected chi connectivity index (χ0v) is 14.5. The van der Waals surface area contributed by atoms with Crippen molar-refractivity contribution >= 4 is 0 Å². The lowest BCUT2D eigenvalue weighted by Gasteiger charge is -2.43. The quantitative estimate of drug-likeness (QED) is 0.820. The molecule has 0 unspecified atom stereocenters. The summed E-state index contributed by atoms with van der Waals surface area (Å²) in [6, 6.07) is 6.96. The SMILES string of the molecule is Cc1nn(CCO)c(C)c1CNCC1(c2ccc(F)cc2)CCC1. The maximum atomic E-state index is 13.2. The van der Waals surface area contributed by atoms with Crippen molar-refractivity contribution in [2.75, 3.05) is 13.2 Å². The fraction of sp³-hybridized carbons (Fsp3) is 0.526. The highest BCUT2D eigenvalue weighted by atomic mass is 19.1. The van der Waals surface area contributed by atoms with E-state index in [1.807, 2.05) is 30.7 Å². The molecule has 2 aromatic rings. The fourth-order valence-corrected chi connectivity index (χ4v) is 3.70. The van der Waals surface area contributed by atoms with Crippen molar-refractivity contribution in [3.8, 4) is 0 Å². The monoisotopic (exact) mass is 331 g/mol. The van der Waals surface area contributed by atoms with E-state index in [9.17, 15) is 4.39 Å². The molecule has 4 nitrogen and oxygen atoms in total. The average Bonchev–Trinajstić information content (AvgIpc) is 2.79. The molecule has 1 aromatic carbocycles. The lowest BCUT2D eigenvalue weighted by atomic mass is 9.64. The van der Waals surface area contributed by atoms with Gasteiger partial charge in [-0.3, -0.25) is 4.68 Å². The molecule has 130 valence electrons. The molecule has 3 rings (SSSR count). The average molecular weight is 331 g/mol. The molecule has 0 amide bonds. The number of aliphatic hydroxyl groups is 1. The van der Waals surface area contributed by atoms with Crippen LogP contribution in [0.25, 0.3) is 0 Å². The minimum atomic E-state index is -0.177. The van der Waals surface area contributed by atoms with Crippen molar-refractivity contribution in [1.29, 1.82) is 0 Å².